The third kappa shape index (κ3) is 4.03. The Bertz CT molecular complexity index is 612. The first kappa shape index (κ1) is 17.3. The summed E-state index contributed by atoms with van der Waals surface area (Å²) in [5, 5.41) is 20.2. The fourth-order valence-electron chi connectivity index (χ4n) is 2.89. The molecule has 0 fully saturated rings. The van der Waals surface area contributed by atoms with Crippen LogP contribution >= 0.6 is 0 Å². The van der Waals surface area contributed by atoms with E-state index in [0.717, 1.165) is 16.9 Å². The molecule has 0 spiro atoms. The highest BCUT2D eigenvalue weighted by Gasteiger charge is 2.27. The summed E-state index contributed by atoms with van der Waals surface area (Å²) in [7, 11) is 3.22. The second kappa shape index (κ2) is 8.56. The predicted molar refractivity (Wildman–Crippen MR) is 90.0 cm³/mol. The lowest BCUT2D eigenvalue weighted by Gasteiger charge is -2.26. The van der Waals surface area contributed by atoms with Crippen LogP contribution in [0.4, 0.5) is 0 Å². The van der Waals surface area contributed by atoms with Gasteiger partial charge in [0, 0.05) is 23.7 Å². The van der Waals surface area contributed by atoms with Gasteiger partial charge in [-0.1, -0.05) is 36.4 Å². The number of hydrogen-bond acceptors (Lipinski definition) is 4. The maximum absolute atomic E-state index is 11.0. The Morgan fingerprint density at radius 2 is 1.39 bits per heavy atom. The van der Waals surface area contributed by atoms with Gasteiger partial charge in [0.25, 0.3) is 0 Å². The molecule has 0 aliphatic rings. The highest BCUT2D eigenvalue weighted by Crippen LogP contribution is 2.41. The first-order valence-electron chi connectivity index (χ1n) is 7.77. The topological polar surface area (TPSA) is 58.9 Å². The molecule has 23 heavy (non-hydrogen) atoms. The summed E-state index contributed by atoms with van der Waals surface area (Å²) in [6.45, 7) is 0.0876. The molecule has 0 heterocycles. The first-order chi connectivity index (χ1) is 11.2. The van der Waals surface area contributed by atoms with Crippen molar-refractivity contribution in [1.82, 2.24) is 0 Å². The molecule has 0 aromatic heterocycles. The molecule has 2 N–H and O–H groups in total. The van der Waals surface area contributed by atoms with Crippen LogP contribution in [0.1, 0.15) is 36.0 Å². The smallest absolute Gasteiger partial charge is 0.124 e. The Morgan fingerprint density at radius 3 is 1.96 bits per heavy atom. The Kier molecular flexibility index (Phi) is 6.44. The fourth-order valence-corrected chi connectivity index (χ4v) is 2.89. The van der Waals surface area contributed by atoms with Crippen LogP contribution in [0.25, 0.3) is 0 Å². The lowest BCUT2D eigenvalue weighted by atomic mass is 9.85. The van der Waals surface area contributed by atoms with Crippen LogP contribution in [0.2, 0.25) is 0 Å². The van der Waals surface area contributed by atoms with Crippen LogP contribution in [0.15, 0.2) is 48.5 Å². The van der Waals surface area contributed by atoms with Gasteiger partial charge in [-0.25, -0.2) is 0 Å². The molecule has 4 heteroatoms. The van der Waals surface area contributed by atoms with Crippen molar-refractivity contribution in [1.29, 1.82) is 0 Å². The predicted octanol–water partition coefficient (Wildman–Crippen LogP) is 3.29. The summed E-state index contributed by atoms with van der Waals surface area (Å²) >= 11 is 0. The van der Waals surface area contributed by atoms with Gasteiger partial charge in [0.1, 0.15) is 11.5 Å². The minimum atomic E-state index is -0.742. The first-order valence-corrected chi connectivity index (χ1v) is 7.77. The van der Waals surface area contributed by atoms with Crippen molar-refractivity contribution < 1.29 is 19.7 Å². The molecule has 4 nitrogen and oxygen atoms in total. The average Bonchev–Trinajstić information content (AvgIpc) is 2.62. The SMILES string of the molecule is COc1ccccc1[C@@H](O)[C@@H](CCCO)c1ccccc1OC. The van der Waals surface area contributed by atoms with Crippen LogP contribution in [0.3, 0.4) is 0 Å². The van der Waals surface area contributed by atoms with Gasteiger partial charge in [-0.05, 0) is 25.0 Å². The molecular formula is C19H24O4. The van der Waals surface area contributed by atoms with Gasteiger partial charge in [0.15, 0.2) is 0 Å². The van der Waals surface area contributed by atoms with E-state index >= 15 is 0 Å². The van der Waals surface area contributed by atoms with Gasteiger partial charge >= 0.3 is 0 Å². The molecule has 2 rings (SSSR count). The number of para-hydroxylation sites is 2. The maximum atomic E-state index is 11.0. The van der Waals surface area contributed by atoms with Crippen molar-refractivity contribution in [3.05, 3.63) is 59.7 Å². The Labute approximate surface area is 137 Å². The zero-order valence-electron chi connectivity index (χ0n) is 13.6. The molecule has 2 aromatic carbocycles. The fraction of sp³-hybridized carbons (Fsp3) is 0.368. The van der Waals surface area contributed by atoms with Crippen molar-refractivity contribution in [2.75, 3.05) is 20.8 Å². The van der Waals surface area contributed by atoms with Crippen molar-refractivity contribution in [3.63, 3.8) is 0 Å². The number of aliphatic hydroxyl groups excluding tert-OH is 2. The minimum absolute atomic E-state index is 0.0876. The van der Waals surface area contributed by atoms with Gasteiger partial charge in [-0.3, -0.25) is 0 Å². The monoisotopic (exact) mass is 316 g/mol. The van der Waals surface area contributed by atoms with E-state index in [9.17, 15) is 10.2 Å². The van der Waals surface area contributed by atoms with Gasteiger partial charge in [0.2, 0.25) is 0 Å². The molecule has 2 atom stereocenters. The second-order valence-corrected chi connectivity index (χ2v) is 5.40. The highest BCUT2D eigenvalue weighted by molar-refractivity contribution is 5.41. The molecule has 0 saturated carbocycles. The van der Waals surface area contributed by atoms with Gasteiger partial charge in [0.05, 0.1) is 20.3 Å². The summed E-state index contributed by atoms with van der Waals surface area (Å²) in [6, 6.07) is 15.1. The molecule has 124 valence electrons. The van der Waals surface area contributed by atoms with E-state index in [1.54, 1.807) is 14.2 Å². The van der Waals surface area contributed by atoms with Crippen LogP contribution in [0, 0.1) is 0 Å². The lowest BCUT2D eigenvalue weighted by Crippen LogP contribution is -2.14. The molecular weight excluding hydrogens is 292 g/mol. The van der Waals surface area contributed by atoms with Gasteiger partial charge in [-0.2, -0.15) is 0 Å². The minimum Gasteiger partial charge on any atom is -0.496 e. The Balaban J connectivity index is 2.41. The number of benzene rings is 2. The molecule has 2 aromatic rings. The zero-order valence-corrected chi connectivity index (χ0v) is 13.6. The number of ether oxygens (including phenoxy) is 2. The summed E-state index contributed by atoms with van der Waals surface area (Å²) in [5.41, 5.74) is 1.67. The van der Waals surface area contributed by atoms with Crippen molar-refractivity contribution in [3.8, 4) is 11.5 Å². The van der Waals surface area contributed by atoms with E-state index in [0.29, 0.717) is 18.6 Å². The van der Waals surface area contributed by atoms with E-state index in [2.05, 4.69) is 0 Å². The summed E-state index contributed by atoms with van der Waals surface area (Å²) < 4.78 is 10.8. The molecule has 0 saturated heterocycles. The van der Waals surface area contributed by atoms with E-state index in [-0.39, 0.29) is 12.5 Å². The Morgan fingerprint density at radius 1 is 0.870 bits per heavy atom. The van der Waals surface area contributed by atoms with Gasteiger partial charge in [-0.15, -0.1) is 0 Å². The largest absolute Gasteiger partial charge is 0.496 e. The Hall–Kier alpha value is -2.04. The van der Waals surface area contributed by atoms with E-state index in [1.165, 1.54) is 0 Å². The van der Waals surface area contributed by atoms with E-state index in [4.69, 9.17) is 9.47 Å². The quantitative estimate of drug-likeness (QED) is 0.784. The highest BCUT2D eigenvalue weighted by atomic mass is 16.5. The standard InChI is InChI=1S/C19H24O4/c1-22-17-11-5-3-8-14(17)15(10-7-13-20)19(21)16-9-4-6-12-18(16)23-2/h3-6,8-9,11-12,15,19-21H,7,10,13H2,1-2H3/t15-,19-/m0/s1. The molecule has 0 radical (unpaired) electrons. The summed E-state index contributed by atoms with van der Waals surface area (Å²) in [5.74, 6) is 1.21. The molecule has 0 aliphatic heterocycles. The van der Waals surface area contributed by atoms with Crippen molar-refractivity contribution in [2.24, 2.45) is 0 Å². The third-order valence-corrected chi connectivity index (χ3v) is 4.05. The summed E-state index contributed by atoms with van der Waals surface area (Å²) in [6.07, 6.45) is 0.513. The zero-order chi connectivity index (χ0) is 16.7. The van der Waals surface area contributed by atoms with Gasteiger partial charge < -0.3 is 19.7 Å². The normalized spacial score (nSPS) is 13.4. The number of methoxy groups -OCH3 is 2. The van der Waals surface area contributed by atoms with Crippen molar-refractivity contribution in [2.45, 2.75) is 24.9 Å². The third-order valence-electron chi connectivity index (χ3n) is 4.05. The van der Waals surface area contributed by atoms with Crippen LogP contribution in [-0.4, -0.2) is 31.0 Å². The van der Waals surface area contributed by atoms with Crippen LogP contribution < -0.4 is 9.47 Å². The van der Waals surface area contributed by atoms with Crippen LogP contribution in [0.5, 0.6) is 11.5 Å². The second-order valence-electron chi connectivity index (χ2n) is 5.40. The summed E-state index contributed by atoms with van der Waals surface area (Å²) in [4.78, 5) is 0. The number of hydrogen-bond donors (Lipinski definition) is 2. The maximum Gasteiger partial charge on any atom is 0.124 e. The van der Waals surface area contributed by atoms with E-state index < -0.39 is 6.10 Å². The van der Waals surface area contributed by atoms with E-state index in [1.807, 2.05) is 48.5 Å². The molecule has 0 bridgehead atoms. The number of rotatable bonds is 8. The van der Waals surface area contributed by atoms with Crippen molar-refractivity contribution >= 4 is 0 Å². The molecule has 0 unspecified atom stereocenters. The van der Waals surface area contributed by atoms with Crippen LogP contribution in [-0.2, 0) is 0 Å². The molecule has 0 aliphatic carbocycles. The lowest BCUT2D eigenvalue weighted by molar-refractivity contribution is 0.130. The molecule has 0 amide bonds. The average molecular weight is 316 g/mol. The number of aliphatic hydroxyl groups is 2.